The highest BCUT2D eigenvalue weighted by Gasteiger charge is 2.16. The third kappa shape index (κ3) is 3.57. The molecule has 19 heavy (non-hydrogen) atoms. The normalized spacial score (nSPS) is 13.9. The molecule has 0 aliphatic heterocycles. The monoisotopic (exact) mass is 286 g/mol. The van der Waals surface area contributed by atoms with Gasteiger partial charge in [0.2, 0.25) is 0 Å². The maximum Gasteiger partial charge on any atom is 0.350 e. The van der Waals surface area contributed by atoms with Gasteiger partial charge < -0.3 is 19.1 Å². The summed E-state index contributed by atoms with van der Waals surface area (Å²) in [5.41, 5.74) is 2.18. The molecule has 9 heteroatoms. The number of rotatable bonds is 5. The van der Waals surface area contributed by atoms with Gasteiger partial charge in [0, 0.05) is 0 Å². The van der Waals surface area contributed by atoms with Crippen molar-refractivity contribution in [2.24, 2.45) is 0 Å². The molecule has 0 unspecified atom stereocenters. The van der Waals surface area contributed by atoms with Gasteiger partial charge in [-0.15, -0.1) is 0 Å². The molecule has 0 aliphatic carbocycles. The standard InChI is InChI=1S/C10H15N4O4P/c1-7(18-6-19(15,16)17)3-14-5-13-9-8(2)11-4-12-10(9)14/h4-5,7H,3,6H2,1-2H3,(H2,15,16,17)/t7-/m1/s1. The first-order valence-electron chi connectivity index (χ1n) is 5.65. The Morgan fingerprint density at radius 3 is 2.84 bits per heavy atom. The highest BCUT2D eigenvalue weighted by molar-refractivity contribution is 7.51. The zero-order chi connectivity index (χ0) is 14.0. The molecule has 2 heterocycles. The van der Waals surface area contributed by atoms with Crippen LogP contribution in [0.5, 0.6) is 0 Å². The molecule has 0 aromatic carbocycles. The molecule has 0 amide bonds. The number of fused-ring (bicyclic) bond motifs is 1. The van der Waals surface area contributed by atoms with Crippen LogP contribution in [0.1, 0.15) is 12.6 Å². The van der Waals surface area contributed by atoms with E-state index < -0.39 is 13.9 Å². The van der Waals surface area contributed by atoms with E-state index in [1.165, 1.54) is 6.33 Å². The van der Waals surface area contributed by atoms with Crippen molar-refractivity contribution in [3.05, 3.63) is 18.3 Å². The summed E-state index contributed by atoms with van der Waals surface area (Å²) < 4.78 is 17.6. The zero-order valence-electron chi connectivity index (χ0n) is 10.6. The topological polar surface area (TPSA) is 110 Å². The average Bonchev–Trinajstić information content (AvgIpc) is 2.71. The third-order valence-electron chi connectivity index (χ3n) is 2.57. The van der Waals surface area contributed by atoms with Gasteiger partial charge in [-0.2, -0.15) is 0 Å². The average molecular weight is 286 g/mol. The van der Waals surface area contributed by atoms with Gasteiger partial charge >= 0.3 is 7.60 Å². The van der Waals surface area contributed by atoms with Gasteiger partial charge in [-0.1, -0.05) is 0 Å². The summed E-state index contributed by atoms with van der Waals surface area (Å²) in [5, 5.41) is 0. The third-order valence-corrected chi connectivity index (χ3v) is 3.05. The second kappa shape index (κ2) is 5.34. The molecule has 0 saturated heterocycles. The van der Waals surface area contributed by atoms with Gasteiger partial charge in [0.15, 0.2) is 5.65 Å². The highest BCUT2D eigenvalue weighted by atomic mass is 31.2. The maximum absolute atomic E-state index is 10.7. The SMILES string of the molecule is Cc1ncnc2c1ncn2C[C@@H](C)OCP(=O)(O)O. The number of hydrogen-bond acceptors (Lipinski definition) is 5. The number of aryl methyl sites for hydroxylation is 1. The highest BCUT2D eigenvalue weighted by Crippen LogP contribution is 2.34. The van der Waals surface area contributed by atoms with Crippen LogP contribution < -0.4 is 0 Å². The molecule has 8 nitrogen and oxygen atoms in total. The predicted molar refractivity (Wildman–Crippen MR) is 67.5 cm³/mol. The van der Waals surface area contributed by atoms with Gasteiger partial charge in [-0.05, 0) is 13.8 Å². The van der Waals surface area contributed by atoms with Crippen molar-refractivity contribution in [3.8, 4) is 0 Å². The summed E-state index contributed by atoms with van der Waals surface area (Å²) in [6, 6.07) is 0. The lowest BCUT2D eigenvalue weighted by atomic mass is 10.4. The summed E-state index contributed by atoms with van der Waals surface area (Å²) in [6.45, 7) is 3.98. The predicted octanol–water partition coefficient (Wildman–Crippen LogP) is 0.675. The second-order valence-corrected chi connectivity index (χ2v) is 5.89. The molecule has 104 valence electrons. The Labute approximate surface area is 109 Å². The van der Waals surface area contributed by atoms with Crippen LogP contribution in [0.25, 0.3) is 11.2 Å². The first-order valence-corrected chi connectivity index (χ1v) is 7.45. The van der Waals surface area contributed by atoms with Gasteiger partial charge in [-0.3, -0.25) is 4.57 Å². The lowest BCUT2D eigenvalue weighted by molar-refractivity contribution is 0.0764. The molecule has 1 atom stereocenters. The van der Waals surface area contributed by atoms with Crippen molar-refractivity contribution in [1.82, 2.24) is 19.5 Å². The molecule has 0 aliphatic rings. The number of ether oxygens (including phenoxy) is 1. The molecule has 0 fully saturated rings. The summed E-state index contributed by atoms with van der Waals surface area (Å²) in [7, 11) is -4.14. The summed E-state index contributed by atoms with van der Waals surface area (Å²) in [6.07, 6.45) is 2.12. The Hall–Kier alpha value is -1.34. The smallest absolute Gasteiger partial charge is 0.350 e. The molecular weight excluding hydrogens is 271 g/mol. The molecule has 0 radical (unpaired) electrons. The van der Waals surface area contributed by atoms with Crippen molar-refractivity contribution in [2.75, 3.05) is 6.35 Å². The van der Waals surface area contributed by atoms with Gasteiger partial charge in [0.05, 0.1) is 24.7 Å². The van der Waals surface area contributed by atoms with Gasteiger partial charge in [-0.25, -0.2) is 15.0 Å². The maximum atomic E-state index is 10.7. The minimum Gasteiger partial charge on any atom is -0.364 e. The van der Waals surface area contributed by atoms with E-state index in [1.807, 2.05) is 6.92 Å². The second-order valence-electron chi connectivity index (χ2n) is 4.30. The van der Waals surface area contributed by atoms with Crippen LogP contribution >= 0.6 is 7.60 Å². The van der Waals surface area contributed by atoms with Crippen molar-refractivity contribution < 1.29 is 19.1 Å². The van der Waals surface area contributed by atoms with Crippen LogP contribution in [-0.2, 0) is 15.8 Å². The first-order chi connectivity index (χ1) is 8.87. The Bertz CT molecular complexity index is 623. The van der Waals surface area contributed by atoms with E-state index in [0.29, 0.717) is 17.7 Å². The summed E-state index contributed by atoms with van der Waals surface area (Å²) >= 11 is 0. The van der Waals surface area contributed by atoms with Gasteiger partial charge in [0.1, 0.15) is 18.2 Å². The molecule has 0 spiro atoms. The first kappa shape index (κ1) is 14.1. The molecule has 2 aromatic rings. The lowest BCUT2D eigenvalue weighted by Gasteiger charge is -2.14. The van der Waals surface area contributed by atoms with Crippen molar-refractivity contribution in [1.29, 1.82) is 0 Å². The zero-order valence-corrected chi connectivity index (χ0v) is 11.5. The Kier molecular flexibility index (Phi) is 3.96. The van der Waals surface area contributed by atoms with Crippen LogP contribution in [0.3, 0.4) is 0 Å². The van der Waals surface area contributed by atoms with E-state index in [2.05, 4.69) is 15.0 Å². The fourth-order valence-electron chi connectivity index (χ4n) is 1.69. The Morgan fingerprint density at radius 2 is 2.16 bits per heavy atom. The van der Waals surface area contributed by atoms with E-state index in [0.717, 1.165) is 5.69 Å². The van der Waals surface area contributed by atoms with Crippen molar-refractivity contribution in [2.45, 2.75) is 26.5 Å². The quantitative estimate of drug-likeness (QED) is 0.777. The molecule has 0 bridgehead atoms. The number of aromatic nitrogens is 4. The fourth-order valence-corrected chi connectivity index (χ4v) is 2.13. The summed E-state index contributed by atoms with van der Waals surface area (Å²) in [4.78, 5) is 29.9. The van der Waals surface area contributed by atoms with E-state index in [-0.39, 0.29) is 6.10 Å². The van der Waals surface area contributed by atoms with Crippen LogP contribution in [-0.4, -0.2) is 41.8 Å². The largest absolute Gasteiger partial charge is 0.364 e. The molecule has 2 N–H and O–H groups in total. The van der Waals surface area contributed by atoms with Gasteiger partial charge in [0.25, 0.3) is 0 Å². The van der Waals surface area contributed by atoms with E-state index in [1.54, 1.807) is 17.8 Å². The molecule has 2 aromatic heterocycles. The fraction of sp³-hybridized carbons (Fsp3) is 0.500. The number of imidazole rings is 1. The van der Waals surface area contributed by atoms with Crippen LogP contribution in [0.2, 0.25) is 0 Å². The number of nitrogens with zero attached hydrogens (tertiary/aromatic N) is 4. The van der Waals surface area contributed by atoms with E-state index in [4.69, 9.17) is 14.5 Å². The van der Waals surface area contributed by atoms with E-state index >= 15 is 0 Å². The minimum atomic E-state index is -4.14. The molecule has 0 saturated carbocycles. The lowest BCUT2D eigenvalue weighted by Crippen LogP contribution is -2.17. The van der Waals surface area contributed by atoms with E-state index in [9.17, 15) is 4.57 Å². The van der Waals surface area contributed by atoms with Crippen LogP contribution in [0.4, 0.5) is 0 Å². The minimum absolute atomic E-state index is 0.361. The Morgan fingerprint density at radius 1 is 1.42 bits per heavy atom. The summed E-state index contributed by atoms with van der Waals surface area (Å²) in [5.74, 6) is 0. The Balaban J connectivity index is 2.09. The molecule has 2 rings (SSSR count). The van der Waals surface area contributed by atoms with Crippen molar-refractivity contribution in [3.63, 3.8) is 0 Å². The number of hydrogen-bond donors (Lipinski definition) is 2. The van der Waals surface area contributed by atoms with Crippen LogP contribution in [0, 0.1) is 6.92 Å². The molecular formula is C10H15N4O4P. The van der Waals surface area contributed by atoms with Crippen LogP contribution in [0.15, 0.2) is 12.7 Å². The van der Waals surface area contributed by atoms with Crippen molar-refractivity contribution >= 4 is 18.8 Å².